The molecule has 0 amide bonds. The lowest BCUT2D eigenvalue weighted by atomic mass is 10.0. The van der Waals surface area contributed by atoms with Crippen molar-refractivity contribution in [3.8, 4) is 5.75 Å². The number of ether oxygens (including phenoxy) is 1. The first-order valence-electron chi connectivity index (χ1n) is 9.26. The highest BCUT2D eigenvalue weighted by Gasteiger charge is 2.26. The largest absolute Gasteiger partial charge is 0.497 e. The van der Waals surface area contributed by atoms with Gasteiger partial charge in [0.05, 0.1) is 13.3 Å². The summed E-state index contributed by atoms with van der Waals surface area (Å²) in [5.74, 6) is 2.46. The quantitative estimate of drug-likeness (QED) is 0.491. The van der Waals surface area contributed by atoms with Gasteiger partial charge in [-0.3, -0.25) is 9.67 Å². The molecule has 0 aliphatic carbocycles. The fourth-order valence-electron chi connectivity index (χ4n) is 3.49. The van der Waals surface area contributed by atoms with Crippen molar-refractivity contribution in [1.29, 1.82) is 0 Å². The molecule has 0 radical (unpaired) electrons. The molecule has 2 aromatic rings. The molecular formula is C20H29N5O. The normalized spacial score (nSPS) is 17.6. The molecule has 6 nitrogen and oxygen atoms in total. The van der Waals surface area contributed by atoms with E-state index in [0.717, 1.165) is 50.6 Å². The van der Waals surface area contributed by atoms with Gasteiger partial charge in [-0.1, -0.05) is 12.1 Å². The molecule has 140 valence electrons. The van der Waals surface area contributed by atoms with Crippen LogP contribution in [0.4, 0.5) is 0 Å². The molecule has 2 heterocycles. The number of nitrogens with zero attached hydrogens (tertiary/aromatic N) is 4. The zero-order chi connectivity index (χ0) is 18.4. The van der Waals surface area contributed by atoms with Crippen molar-refractivity contribution < 1.29 is 4.74 Å². The van der Waals surface area contributed by atoms with Crippen LogP contribution in [-0.2, 0) is 13.5 Å². The van der Waals surface area contributed by atoms with Gasteiger partial charge in [0.15, 0.2) is 5.96 Å². The van der Waals surface area contributed by atoms with E-state index in [1.165, 1.54) is 11.1 Å². The number of rotatable bonds is 6. The molecule has 1 aliphatic heterocycles. The van der Waals surface area contributed by atoms with Gasteiger partial charge in [-0.25, -0.2) is 0 Å². The van der Waals surface area contributed by atoms with E-state index in [4.69, 9.17) is 4.74 Å². The standard InChI is InChI=1S/C20H29N5O/c1-21-20(22-11-4-5-16-6-8-19(26-3)9-7-16)25-12-10-17(15-25)18-13-23-24(2)14-18/h6-9,13-14,17H,4-5,10-12,15H2,1-3H3,(H,21,22). The third-order valence-electron chi connectivity index (χ3n) is 4.98. The molecule has 0 bridgehead atoms. The molecule has 1 aromatic heterocycles. The van der Waals surface area contributed by atoms with Crippen molar-refractivity contribution >= 4 is 5.96 Å². The second-order valence-corrected chi connectivity index (χ2v) is 6.80. The summed E-state index contributed by atoms with van der Waals surface area (Å²) >= 11 is 0. The number of benzene rings is 1. The second kappa shape index (κ2) is 8.74. The zero-order valence-electron chi connectivity index (χ0n) is 16.0. The van der Waals surface area contributed by atoms with Gasteiger partial charge in [-0.05, 0) is 42.5 Å². The average molecular weight is 355 g/mol. The summed E-state index contributed by atoms with van der Waals surface area (Å²) in [6, 6.07) is 8.30. The van der Waals surface area contributed by atoms with Gasteiger partial charge in [0.1, 0.15) is 5.75 Å². The summed E-state index contributed by atoms with van der Waals surface area (Å²) in [5, 5.41) is 7.81. The third kappa shape index (κ3) is 4.56. The molecule has 0 saturated carbocycles. The average Bonchev–Trinajstić information content (AvgIpc) is 3.31. The maximum Gasteiger partial charge on any atom is 0.193 e. The van der Waals surface area contributed by atoms with Crippen LogP contribution in [0.1, 0.15) is 29.9 Å². The number of hydrogen-bond donors (Lipinski definition) is 1. The maximum atomic E-state index is 5.20. The van der Waals surface area contributed by atoms with Crippen LogP contribution in [0.25, 0.3) is 0 Å². The Hall–Kier alpha value is -2.50. The van der Waals surface area contributed by atoms with Gasteiger partial charge in [-0.15, -0.1) is 0 Å². The second-order valence-electron chi connectivity index (χ2n) is 6.80. The fourth-order valence-corrected chi connectivity index (χ4v) is 3.49. The van der Waals surface area contributed by atoms with Crippen molar-refractivity contribution in [1.82, 2.24) is 20.0 Å². The number of hydrogen-bond acceptors (Lipinski definition) is 3. The summed E-state index contributed by atoms with van der Waals surface area (Å²) in [5.41, 5.74) is 2.66. The van der Waals surface area contributed by atoms with E-state index in [9.17, 15) is 0 Å². The van der Waals surface area contributed by atoms with E-state index in [2.05, 4.69) is 38.6 Å². The first-order valence-corrected chi connectivity index (χ1v) is 9.26. The summed E-state index contributed by atoms with van der Waals surface area (Å²) in [6.07, 6.45) is 7.38. The van der Waals surface area contributed by atoms with Crippen molar-refractivity contribution in [2.45, 2.75) is 25.2 Å². The summed E-state index contributed by atoms with van der Waals surface area (Å²) in [7, 11) is 5.53. The van der Waals surface area contributed by atoms with E-state index in [0.29, 0.717) is 5.92 Å². The Morgan fingerprint density at radius 1 is 1.35 bits per heavy atom. The fraction of sp³-hybridized carbons (Fsp3) is 0.500. The Bertz CT molecular complexity index is 722. The lowest BCUT2D eigenvalue weighted by molar-refractivity contribution is 0.414. The molecule has 6 heteroatoms. The van der Waals surface area contributed by atoms with Crippen LogP contribution in [0, 0.1) is 0 Å². The Labute approximate surface area is 155 Å². The maximum absolute atomic E-state index is 5.20. The van der Waals surface area contributed by atoms with Crippen LogP contribution >= 0.6 is 0 Å². The van der Waals surface area contributed by atoms with Crippen LogP contribution in [0.3, 0.4) is 0 Å². The monoisotopic (exact) mass is 355 g/mol. The number of likely N-dealkylation sites (tertiary alicyclic amines) is 1. The number of aryl methyl sites for hydroxylation is 2. The Morgan fingerprint density at radius 2 is 2.15 bits per heavy atom. The molecule has 1 saturated heterocycles. The van der Waals surface area contributed by atoms with E-state index in [1.807, 2.05) is 37.1 Å². The van der Waals surface area contributed by atoms with Crippen molar-refractivity contribution in [3.63, 3.8) is 0 Å². The Balaban J connectivity index is 1.43. The summed E-state index contributed by atoms with van der Waals surface area (Å²) in [6.45, 7) is 2.97. The van der Waals surface area contributed by atoms with E-state index in [1.54, 1.807) is 7.11 Å². The summed E-state index contributed by atoms with van der Waals surface area (Å²) < 4.78 is 7.08. The first kappa shape index (κ1) is 18.3. The predicted molar refractivity (Wildman–Crippen MR) is 105 cm³/mol. The van der Waals surface area contributed by atoms with E-state index < -0.39 is 0 Å². The highest BCUT2D eigenvalue weighted by molar-refractivity contribution is 5.80. The lowest BCUT2D eigenvalue weighted by Crippen LogP contribution is -2.40. The molecular weight excluding hydrogens is 326 g/mol. The van der Waals surface area contributed by atoms with Gasteiger partial charge < -0.3 is 15.0 Å². The topological polar surface area (TPSA) is 54.7 Å². The van der Waals surface area contributed by atoms with Crippen LogP contribution < -0.4 is 10.1 Å². The molecule has 0 spiro atoms. The van der Waals surface area contributed by atoms with Crippen LogP contribution in [0.2, 0.25) is 0 Å². The Kier molecular flexibility index (Phi) is 6.15. The van der Waals surface area contributed by atoms with Crippen molar-refractivity contribution in [2.24, 2.45) is 12.0 Å². The van der Waals surface area contributed by atoms with Gasteiger partial charge in [0, 0.05) is 45.8 Å². The number of aliphatic imine (C=N–C) groups is 1. The predicted octanol–water partition coefficient (Wildman–Crippen LogP) is 2.43. The molecule has 1 N–H and O–H groups in total. The number of methoxy groups -OCH3 is 1. The summed E-state index contributed by atoms with van der Waals surface area (Å²) in [4.78, 5) is 6.82. The highest BCUT2D eigenvalue weighted by Crippen LogP contribution is 2.26. The molecule has 1 atom stereocenters. The molecule has 1 aliphatic rings. The van der Waals surface area contributed by atoms with Gasteiger partial charge >= 0.3 is 0 Å². The molecule has 1 unspecified atom stereocenters. The van der Waals surface area contributed by atoms with E-state index in [-0.39, 0.29) is 0 Å². The zero-order valence-corrected chi connectivity index (χ0v) is 16.0. The smallest absolute Gasteiger partial charge is 0.193 e. The minimum atomic E-state index is 0.543. The third-order valence-corrected chi connectivity index (χ3v) is 4.98. The number of nitrogens with one attached hydrogen (secondary N) is 1. The minimum Gasteiger partial charge on any atom is -0.497 e. The number of guanidine groups is 1. The van der Waals surface area contributed by atoms with E-state index >= 15 is 0 Å². The molecule has 3 rings (SSSR count). The molecule has 1 fully saturated rings. The van der Waals surface area contributed by atoms with Crippen LogP contribution in [0.5, 0.6) is 5.75 Å². The minimum absolute atomic E-state index is 0.543. The van der Waals surface area contributed by atoms with Crippen molar-refractivity contribution in [2.75, 3.05) is 33.8 Å². The molecule has 26 heavy (non-hydrogen) atoms. The van der Waals surface area contributed by atoms with Gasteiger partial charge in [0.2, 0.25) is 0 Å². The van der Waals surface area contributed by atoms with Crippen LogP contribution in [-0.4, -0.2) is 54.4 Å². The van der Waals surface area contributed by atoms with Gasteiger partial charge in [0.25, 0.3) is 0 Å². The molecule has 1 aromatic carbocycles. The number of aromatic nitrogens is 2. The SMILES string of the molecule is CN=C(NCCCc1ccc(OC)cc1)N1CCC(c2cnn(C)c2)C1. The lowest BCUT2D eigenvalue weighted by Gasteiger charge is -2.21. The van der Waals surface area contributed by atoms with Gasteiger partial charge in [-0.2, -0.15) is 5.10 Å². The Morgan fingerprint density at radius 3 is 2.81 bits per heavy atom. The highest BCUT2D eigenvalue weighted by atomic mass is 16.5. The van der Waals surface area contributed by atoms with Crippen molar-refractivity contribution in [3.05, 3.63) is 47.8 Å². The first-order chi connectivity index (χ1) is 12.7. The van der Waals surface area contributed by atoms with Crippen LogP contribution in [0.15, 0.2) is 41.7 Å².